The fraction of sp³-hybridized carbons (Fsp3) is 0.0625. The molecule has 2 heterocycles. The van der Waals surface area contributed by atoms with Crippen LogP contribution in [-0.4, -0.2) is 19.7 Å². The molecular weight excluding hydrogens is 284 g/mol. The van der Waals surface area contributed by atoms with Crippen molar-refractivity contribution in [1.29, 1.82) is 0 Å². The summed E-state index contributed by atoms with van der Waals surface area (Å²) in [5.41, 5.74) is 4.01. The van der Waals surface area contributed by atoms with Crippen molar-refractivity contribution in [2.75, 3.05) is 0 Å². The Balaban J connectivity index is 2.14. The Kier molecular flexibility index (Phi) is 3.43. The first-order valence-electron chi connectivity index (χ1n) is 6.27. The first-order chi connectivity index (χ1) is 10.2. The number of aryl methyl sites for hydroxylation is 1. The molecule has 0 spiro atoms. The Labute approximate surface area is 127 Å². The van der Waals surface area contributed by atoms with Crippen LogP contribution in [0.25, 0.3) is 22.6 Å². The van der Waals surface area contributed by atoms with Crippen LogP contribution in [0.1, 0.15) is 5.56 Å². The molecule has 0 aliphatic carbocycles. The summed E-state index contributed by atoms with van der Waals surface area (Å²) < 4.78 is 1.74. The average Bonchev–Trinajstić information content (AvgIpc) is 2.93. The molecule has 0 saturated heterocycles. The lowest BCUT2D eigenvalue weighted by Crippen LogP contribution is -1.97. The van der Waals surface area contributed by atoms with Crippen LogP contribution in [0.3, 0.4) is 0 Å². The Morgan fingerprint density at radius 1 is 1.14 bits per heavy atom. The van der Waals surface area contributed by atoms with Crippen molar-refractivity contribution in [3.05, 3.63) is 53.4 Å². The fourth-order valence-electron chi connectivity index (χ4n) is 2.09. The molecule has 0 atom stereocenters. The van der Waals surface area contributed by atoms with Gasteiger partial charge in [0.1, 0.15) is 0 Å². The molecule has 4 nitrogen and oxygen atoms in total. The quantitative estimate of drug-likeness (QED) is 0.538. The molecule has 21 heavy (non-hydrogen) atoms. The lowest BCUT2D eigenvalue weighted by molar-refractivity contribution is 0.773. The van der Waals surface area contributed by atoms with Gasteiger partial charge in [0.05, 0.1) is 17.1 Å². The van der Waals surface area contributed by atoms with E-state index in [9.17, 15) is 0 Å². The van der Waals surface area contributed by atoms with Gasteiger partial charge in [0, 0.05) is 24.4 Å². The van der Waals surface area contributed by atoms with Gasteiger partial charge in [0.25, 0.3) is 0 Å². The van der Waals surface area contributed by atoms with E-state index < -0.39 is 0 Å². The normalized spacial score (nSPS) is 10.3. The molecule has 102 valence electrons. The summed E-state index contributed by atoms with van der Waals surface area (Å²) in [5.74, 6) is 2.61. The fourth-order valence-corrected chi connectivity index (χ4v) is 2.27. The van der Waals surface area contributed by atoms with Crippen molar-refractivity contribution in [2.24, 2.45) is 7.05 Å². The Morgan fingerprint density at radius 3 is 2.67 bits per heavy atom. The lowest BCUT2D eigenvalue weighted by Gasteiger charge is -2.06. The highest BCUT2D eigenvalue weighted by Gasteiger charge is 2.10. The number of aromatic nitrogens is 4. The molecule has 0 N–H and O–H groups in total. The molecule has 0 radical (unpaired) electrons. The standard InChI is InChI=1S/C16H11ClN4/c1-3-11-5-4-6-12(9-11)13-10-14(20-16(17)19-13)15-7-8-18-21(15)2/h1,4-10H,2H3. The number of benzene rings is 1. The van der Waals surface area contributed by atoms with E-state index in [1.807, 2.05) is 43.4 Å². The highest BCUT2D eigenvalue weighted by atomic mass is 35.5. The number of nitrogens with zero attached hydrogens (tertiary/aromatic N) is 4. The van der Waals surface area contributed by atoms with Crippen LogP contribution in [0.2, 0.25) is 5.28 Å². The summed E-state index contributed by atoms with van der Waals surface area (Å²) in [4.78, 5) is 8.53. The second-order valence-electron chi connectivity index (χ2n) is 4.47. The topological polar surface area (TPSA) is 43.6 Å². The number of hydrogen-bond donors (Lipinski definition) is 0. The molecule has 1 aromatic carbocycles. The SMILES string of the molecule is C#Cc1cccc(-c2cc(-c3ccnn3C)nc(Cl)n2)c1. The van der Waals surface area contributed by atoms with Crippen molar-refractivity contribution >= 4 is 11.6 Å². The smallest absolute Gasteiger partial charge is 0.223 e. The van der Waals surface area contributed by atoms with Crippen LogP contribution in [0.15, 0.2) is 42.6 Å². The Hall–Kier alpha value is -2.64. The highest BCUT2D eigenvalue weighted by molar-refractivity contribution is 6.28. The van der Waals surface area contributed by atoms with E-state index in [1.54, 1.807) is 10.9 Å². The van der Waals surface area contributed by atoms with E-state index in [4.69, 9.17) is 18.0 Å². The zero-order valence-electron chi connectivity index (χ0n) is 11.3. The van der Waals surface area contributed by atoms with E-state index in [-0.39, 0.29) is 5.28 Å². The summed E-state index contributed by atoms with van der Waals surface area (Å²) in [6, 6.07) is 11.3. The minimum Gasteiger partial charge on any atom is -0.266 e. The van der Waals surface area contributed by atoms with Crippen LogP contribution < -0.4 is 0 Å². The second-order valence-corrected chi connectivity index (χ2v) is 4.81. The van der Waals surface area contributed by atoms with Crippen molar-refractivity contribution in [1.82, 2.24) is 19.7 Å². The van der Waals surface area contributed by atoms with Crippen LogP contribution in [0.4, 0.5) is 0 Å². The van der Waals surface area contributed by atoms with Gasteiger partial charge in [-0.05, 0) is 35.9 Å². The molecule has 0 saturated carbocycles. The lowest BCUT2D eigenvalue weighted by atomic mass is 10.1. The van der Waals surface area contributed by atoms with Gasteiger partial charge in [-0.2, -0.15) is 5.10 Å². The third kappa shape index (κ3) is 2.64. The monoisotopic (exact) mass is 294 g/mol. The van der Waals surface area contributed by atoms with Crippen LogP contribution >= 0.6 is 11.6 Å². The molecule has 0 amide bonds. The Morgan fingerprint density at radius 2 is 1.95 bits per heavy atom. The van der Waals surface area contributed by atoms with Gasteiger partial charge in [-0.15, -0.1) is 6.42 Å². The predicted octanol–water partition coefficient (Wildman–Crippen LogP) is 3.18. The Bertz CT molecular complexity index is 845. The molecule has 3 aromatic rings. The highest BCUT2D eigenvalue weighted by Crippen LogP contribution is 2.25. The zero-order valence-corrected chi connectivity index (χ0v) is 12.0. The van der Waals surface area contributed by atoms with Gasteiger partial charge in [-0.1, -0.05) is 18.1 Å². The van der Waals surface area contributed by atoms with E-state index >= 15 is 0 Å². The third-order valence-electron chi connectivity index (χ3n) is 3.11. The van der Waals surface area contributed by atoms with Crippen LogP contribution in [-0.2, 0) is 7.05 Å². The van der Waals surface area contributed by atoms with Gasteiger partial charge in [-0.25, -0.2) is 9.97 Å². The minimum atomic E-state index is 0.190. The van der Waals surface area contributed by atoms with Gasteiger partial charge in [0.2, 0.25) is 5.28 Å². The van der Waals surface area contributed by atoms with Gasteiger partial charge in [0.15, 0.2) is 0 Å². The van der Waals surface area contributed by atoms with Crippen LogP contribution in [0.5, 0.6) is 0 Å². The maximum absolute atomic E-state index is 6.05. The molecular formula is C16H11ClN4. The van der Waals surface area contributed by atoms with Crippen molar-refractivity contribution in [2.45, 2.75) is 0 Å². The molecule has 0 aliphatic heterocycles. The summed E-state index contributed by atoms with van der Waals surface area (Å²) in [5, 5.41) is 4.33. The summed E-state index contributed by atoms with van der Waals surface area (Å²) in [7, 11) is 1.85. The number of terminal acetylenes is 1. The first kappa shape index (κ1) is 13.3. The molecule has 2 aromatic heterocycles. The summed E-state index contributed by atoms with van der Waals surface area (Å²) in [6.07, 6.45) is 7.15. The maximum Gasteiger partial charge on any atom is 0.223 e. The van der Waals surface area contributed by atoms with E-state index in [0.29, 0.717) is 0 Å². The second kappa shape index (κ2) is 5.39. The largest absolute Gasteiger partial charge is 0.266 e. The van der Waals surface area contributed by atoms with Crippen LogP contribution in [0, 0.1) is 12.3 Å². The number of halogens is 1. The van der Waals surface area contributed by atoms with E-state index in [1.165, 1.54) is 0 Å². The minimum absolute atomic E-state index is 0.190. The van der Waals surface area contributed by atoms with Crippen molar-refractivity contribution < 1.29 is 0 Å². The zero-order chi connectivity index (χ0) is 14.8. The molecule has 0 fully saturated rings. The van der Waals surface area contributed by atoms with Crippen molar-refractivity contribution in [3.8, 4) is 35.0 Å². The molecule has 3 rings (SSSR count). The molecule has 0 bridgehead atoms. The first-order valence-corrected chi connectivity index (χ1v) is 6.65. The predicted molar refractivity (Wildman–Crippen MR) is 82.6 cm³/mol. The maximum atomic E-state index is 6.05. The van der Waals surface area contributed by atoms with Gasteiger partial charge >= 0.3 is 0 Å². The third-order valence-corrected chi connectivity index (χ3v) is 3.28. The average molecular weight is 295 g/mol. The van der Waals surface area contributed by atoms with Gasteiger partial charge in [-0.3, -0.25) is 4.68 Å². The molecule has 0 aliphatic rings. The number of rotatable bonds is 2. The molecule has 5 heteroatoms. The van der Waals surface area contributed by atoms with Crippen molar-refractivity contribution in [3.63, 3.8) is 0 Å². The number of hydrogen-bond acceptors (Lipinski definition) is 3. The van der Waals surface area contributed by atoms with E-state index in [0.717, 1.165) is 28.2 Å². The molecule has 0 unspecified atom stereocenters. The van der Waals surface area contributed by atoms with E-state index in [2.05, 4.69) is 21.0 Å². The summed E-state index contributed by atoms with van der Waals surface area (Å²) >= 11 is 6.05. The van der Waals surface area contributed by atoms with Gasteiger partial charge < -0.3 is 0 Å². The summed E-state index contributed by atoms with van der Waals surface area (Å²) in [6.45, 7) is 0.